The molecule has 4 nitrogen and oxygen atoms in total. The zero-order valence-corrected chi connectivity index (χ0v) is 17.5. The van der Waals surface area contributed by atoms with Gasteiger partial charge in [0.2, 0.25) is 0 Å². The van der Waals surface area contributed by atoms with Gasteiger partial charge in [0.15, 0.2) is 0 Å². The van der Waals surface area contributed by atoms with Gasteiger partial charge in [-0.1, -0.05) is 34.1 Å². The summed E-state index contributed by atoms with van der Waals surface area (Å²) >= 11 is 0. The van der Waals surface area contributed by atoms with E-state index in [0.29, 0.717) is 6.04 Å². The minimum Gasteiger partial charge on any atom is -0.368 e. The molecule has 1 aromatic heterocycles. The van der Waals surface area contributed by atoms with Gasteiger partial charge in [-0.3, -0.25) is 4.98 Å². The van der Waals surface area contributed by atoms with E-state index in [1.807, 2.05) is 27.0 Å². The molecule has 0 saturated carbocycles. The van der Waals surface area contributed by atoms with Crippen molar-refractivity contribution >= 4 is 11.5 Å². The molecule has 2 heterocycles. The van der Waals surface area contributed by atoms with Gasteiger partial charge >= 0.3 is 0 Å². The Morgan fingerprint density at radius 2 is 2.00 bits per heavy atom. The lowest BCUT2D eigenvalue weighted by molar-refractivity contribution is -0.117. The zero-order valence-electron chi connectivity index (χ0n) is 17.5. The number of aromatic nitrogens is 1. The van der Waals surface area contributed by atoms with E-state index in [1.54, 1.807) is 6.92 Å². The second-order valence-corrected chi connectivity index (χ2v) is 6.40. The molecule has 4 heteroatoms. The number of ketones is 1. The standard InChI is InChI=1S/C14H23N3.C5H10O.C2H6/c1-4-5-13-12(3)16-7-6-14(13)17-9-8-15-11(2)10-17;1-3-4-5(2)6;1-2/h6-7,11,15H,4-5,8-10H2,1-3H3;3-4H2,1-2H3;1-2H3. The number of anilines is 1. The monoisotopic (exact) mass is 349 g/mol. The van der Waals surface area contributed by atoms with E-state index < -0.39 is 0 Å². The van der Waals surface area contributed by atoms with E-state index >= 15 is 0 Å². The normalized spacial score (nSPS) is 16.3. The summed E-state index contributed by atoms with van der Waals surface area (Å²) in [5, 5.41) is 3.49. The molecule has 144 valence electrons. The van der Waals surface area contributed by atoms with Crippen LogP contribution in [0.1, 0.15) is 72.1 Å². The maximum absolute atomic E-state index is 10.0. The number of nitrogens with one attached hydrogen (secondary N) is 1. The molecule has 1 fully saturated rings. The molecule has 0 aromatic carbocycles. The Bertz CT molecular complexity index is 488. The van der Waals surface area contributed by atoms with Crippen molar-refractivity contribution in [2.45, 2.75) is 80.2 Å². The molecule has 1 aromatic rings. The van der Waals surface area contributed by atoms with Gasteiger partial charge in [0, 0.05) is 49.7 Å². The largest absolute Gasteiger partial charge is 0.368 e. The molecule has 0 spiro atoms. The fourth-order valence-electron chi connectivity index (χ4n) is 2.94. The molecule has 0 radical (unpaired) electrons. The lowest BCUT2D eigenvalue weighted by atomic mass is 10.0. The first-order valence-corrected chi connectivity index (χ1v) is 9.91. The Morgan fingerprint density at radius 3 is 2.48 bits per heavy atom. The first-order chi connectivity index (χ1) is 12.0. The molecular weight excluding hydrogens is 310 g/mol. The lowest BCUT2D eigenvalue weighted by Crippen LogP contribution is -2.49. The smallest absolute Gasteiger partial charge is 0.129 e. The van der Waals surface area contributed by atoms with E-state index in [0.717, 1.165) is 38.9 Å². The van der Waals surface area contributed by atoms with Crippen LogP contribution in [0.2, 0.25) is 0 Å². The first kappa shape index (κ1) is 23.6. The van der Waals surface area contributed by atoms with Gasteiger partial charge in [0.05, 0.1) is 0 Å². The quantitative estimate of drug-likeness (QED) is 0.847. The van der Waals surface area contributed by atoms with Gasteiger partial charge in [-0.15, -0.1) is 0 Å². The van der Waals surface area contributed by atoms with Crippen LogP contribution in [-0.2, 0) is 11.2 Å². The van der Waals surface area contributed by atoms with Crippen LogP contribution < -0.4 is 10.2 Å². The van der Waals surface area contributed by atoms with Crippen LogP contribution in [0.25, 0.3) is 0 Å². The predicted molar refractivity (Wildman–Crippen MR) is 110 cm³/mol. The van der Waals surface area contributed by atoms with Crippen molar-refractivity contribution in [2.75, 3.05) is 24.5 Å². The number of hydrogen-bond donors (Lipinski definition) is 1. The van der Waals surface area contributed by atoms with E-state index in [-0.39, 0.29) is 5.78 Å². The molecule has 2 rings (SSSR count). The molecule has 0 aliphatic carbocycles. The van der Waals surface area contributed by atoms with Crippen molar-refractivity contribution in [3.63, 3.8) is 0 Å². The molecule has 1 atom stereocenters. The van der Waals surface area contributed by atoms with E-state index in [9.17, 15) is 4.79 Å². The molecule has 1 aliphatic rings. The highest BCUT2D eigenvalue weighted by Crippen LogP contribution is 2.24. The minimum atomic E-state index is 0.289. The molecule has 0 amide bonds. The van der Waals surface area contributed by atoms with Crippen LogP contribution in [0.3, 0.4) is 0 Å². The van der Waals surface area contributed by atoms with Crippen molar-refractivity contribution in [1.29, 1.82) is 0 Å². The second kappa shape index (κ2) is 13.8. The number of rotatable bonds is 5. The molecule has 1 unspecified atom stereocenters. The first-order valence-electron chi connectivity index (χ1n) is 9.91. The summed E-state index contributed by atoms with van der Waals surface area (Å²) < 4.78 is 0. The Kier molecular flexibility index (Phi) is 13.0. The van der Waals surface area contributed by atoms with E-state index in [1.165, 1.54) is 23.4 Å². The third-order valence-corrected chi connectivity index (χ3v) is 4.06. The Hall–Kier alpha value is -1.42. The number of carbonyl (C=O) groups is 1. The van der Waals surface area contributed by atoms with Gasteiger partial charge < -0.3 is 15.0 Å². The minimum absolute atomic E-state index is 0.289. The maximum atomic E-state index is 10.0. The average molecular weight is 350 g/mol. The van der Waals surface area contributed by atoms with Crippen LogP contribution in [-0.4, -0.2) is 36.4 Å². The van der Waals surface area contributed by atoms with Gasteiger partial charge in [-0.05, 0) is 45.2 Å². The number of Topliss-reactive ketones (excluding diaryl/α,β-unsaturated/α-hetero) is 1. The SMILES string of the molecule is CC.CCCC(C)=O.CCCc1c(N2CCNC(C)C2)ccnc1C. The molecule has 25 heavy (non-hydrogen) atoms. The van der Waals surface area contributed by atoms with Crippen LogP contribution in [0.15, 0.2) is 12.3 Å². The Labute approximate surface area is 155 Å². The highest BCUT2D eigenvalue weighted by Gasteiger charge is 2.18. The van der Waals surface area contributed by atoms with Gasteiger partial charge in [0.25, 0.3) is 0 Å². The Morgan fingerprint density at radius 1 is 1.32 bits per heavy atom. The third kappa shape index (κ3) is 9.01. The second-order valence-electron chi connectivity index (χ2n) is 6.40. The average Bonchev–Trinajstić information content (AvgIpc) is 2.59. The highest BCUT2D eigenvalue weighted by molar-refractivity contribution is 5.75. The summed E-state index contributed by atoms with van der Waals surface area (Å²) in [6.45, 7) is 17.5. The van der Waals surface area contributed by atoms with Gasteiger partial charge in [0.1, 0.15) is 5.78 Å². The number of pyridine rings is 1. The lowest BCUT2D eigenvalue weighted by Gasteiger charge is -2.35. The van der Waals surface area contributed by atoms with E-state index in [4.69, 9.17) is 0 Å². The number of hydrogen-bond acceptors (Lipinski definition) is 4. The van der Waals surface area contributed by atoms with Crippen molar-refractivity contribution < 1.29 is 4.79 Å². The van der Waals surface area contributed by atoms with Crippen LogP contribution in [0.5, 0.6) is 0 Å². The van der Waals surface area contributed by atoms with Crippen molar-refractivity contribution in [3.05, 3.63) is 23.5 Å². The molecule has 0 bridgehead atoms. The molecule has 1 saturated heterocycles. The predicted octanol–water partition coefficient (Wildman–Crippen LogP) is 4.54. The van der Waals surface area contributed by atoms with Crippen LogP contribution >= 0.6 is 0 Å². The zero-order chi connectivity index (χ0) is 19.2. The summed E-state index contributed by atoms with van der Waals surface area (Å²) in [4.78, 5) is 17.0. The highest BCUT2D eigenvalue weighted by atomic mass is 16.1. The van der Waals surface area contributed by atoms with Gasteiger partial charge in [-0.25, -0.2) is 0 Å². The van der Waals surface area contributed by atoms with E-state index in [2.05, 4.69) is 42.0 Å². The van der Waals surface area contributed by atoms with Crippen molar-refractivity contribution in [1.82, 2.24) is 10.3 Å². The summed E-state index contributed by atoms with van der Waals surface area (Å²) in [7, 11) is 0. The number of piperazine rings is 1. The third-order valence-electron chi connectivity index (χ3n) is 4.06. The van der Waals surface area contributed by atoms with Crippen molar-refractivity contribution in [2.24, 2.45) is 0 Å². The summed E-state index contributed by atoms with van der Waals surface area (Å²) in [5.74, 6) is 0.289. The number of aryl methyl sites for hydroxylation is 1. The molecule has 1 aliphatic heterocycles. The van der Waals surface area contributed by atoms with Crippen LogP contribution in [0, 0.1) is 6.92 Å². The van der Waals surface area contributed by atoms with Crippen LogP contribution in [0.4, 0.5) is 5.69 Å². The summed E-state index contributed by atoms with van der Waals surface area (Å²) in [5.41, 5.74) is 4.02. The summed E-state index contributed by atoms with van der Waals surface area (Å²) in [6, 6.07) is 2.75. The fourth-order valence-corrected chi connectivity index (χ4v) is 2.94. The number of nitrogens with zero attached hydrogens (tertiary/aromatic N) is 2. The fraction of sp³-hybridized carbons (Fsp3) is 0.714. The Balaban J connectivity index is 0.000000614. The number of carbonyl (C=O) groups excluding carboxylic acids is 1. The topological polar surface area (TPSA) is 45.2 Å². The van der Waals surface area contributed by atoms with Gasteiger partial charge in [-0.2, -0.15) is 0 Å². The summed E-state index contributed by atoms with van der Waals surface area (Å²) in [6.07, 6.45) is 5.97. The maximum Gasteiger partial charge on any atom is 0.129 e. The van der Waals surface area contributed by atoms with Crippen molar-refractivity contribution in [3.8, 4) is 0 Å². The molecular formula is C21H39N3O. The molecule has 1 N–H and O–H groups in total.